The number of nitrogens with one attached hydrogen (secondary N) is 1. The van der Waals surface area contributed by atoms with E-state index in [4.69, 9.17) is 5.26 Å². The van der Waals surface area contributed by atoms with Gasteiger partial charge in [-0.3, -0.25) is 4.79 Å². The van der Waals surface area contributed by atoms with E-state index in [2.05, 4.69) is 9.97 Å². The molecule has 0 aliphatic carbocycles. The van der Waals surface area contributed by atoms with E-state index in [1.807, 2.05) is 26.8 Å². The fraction of sp³-hybridized carbons (Fsp3) is 0.312. The van der Waals surface area contributed by atoms with Crippen molar-refractivity contribution in [1.82, 2.24) is 9.97 Å². The molecule has 0 saturated heterocycles. The molecule has 108 valence electrons. The van der Waals surface area contributed by atoms with Crippen molar-refractivity contribution in [1.29, 1.82) is 5.26 Å². The summed E-state index contributed by atoms with van der Waals surface area (Å²) in [6, 6.07) is 5.86. The van der Waals surface area contributed by atoms with Gasteiger partial charge in [-0.25, -0.2) is 9.37 Å². The molecule has 2 aromatic rings. The molecule has 21 heavy (non-hydrogen) atoms. The summed E-state index contributed by atoms with van der Waals surface area (Å²) in [7, 11) is 0. The minimum Gasteiger partial charge on any atom is -0.310 e. The zero-order chi connectivity index (χ0) is 15.8. The van der Waals surface area contributed by atoms with Crippen molar-refractivity contribution in [3.8, 4) is 17.3 Å². The summed E-state index contributed by atoms with van der Waals surface area (Å²) >= 11 is 0. The van der Waals surface area contributed by atoms with E-state index in [1.54, 1.807) is 6.92 Å². The SMILES string of the molecule is Cc1c(-c2cc(F)cc(C#N)c2)nc(C(C)(C)C)[nH]c1=O. The molecule has 2 rings (SSSR count). The number of aromatic amines is 1. The van der Waals surface area contributed by atoms with Gasteiger partial charge in [-0.1, -0.05) is 20.8 Å². The lowest BCUT2D eigenvalue weighted by atomic mass is 9.95. The quantitative estimate of drug-likeness (QED) is 0.875. The second kappa shape index (κ2) is 5.13. The molecule has 0 radical (unpaired) electrons. The number of hydrogen-bond donors (Lipinski definition) is 1. The topological polar surface area (TPSA) is 69.5 Å². The van der Waals surface area contributed by atoms with Crippen LogP contribution in [0.4, 0.5) is 4.39 Å². The van der Waals surface area contributed by atoms with E-state index < -0.39 is 5.82 Å². The standard InChI is InChI=1S/C16H16FN3O/c1-9-13(11-5-10(8-18)6-12(17)7-11)19-15(16(2,3)4)20-14(9)21/h5-7H,1-4H3,(H,19,20,21). The summed E-state index contributed by atoms with van der Waals surface area (Å²) in [6.07, 6.45) is 0. The van der Waals surface area contributed by atoms with Gasteiger partial charge in [0.2, 0.25) is 0 Å². The van der Waals surface area contributed by atoms with Gasteiger partial charge in [-0.05, 0) is 25.1 Å². The van der Waals surface area contributed by atoms with Crippen LogP contribution in [0.25, 0.3) is 11.3 Å². The van der Waals surface area contributed by atoms with Crippen LogP contribution in [0.15, 0.2) is 23.0 Å². The van der Waals surface area contributed by atoms with Crippen LogP contribution in [0.5, 0.6) is 0 Å². The zero-order valence-electron chi connectivity index (χ0n) is 12.4. The molecule has 0 saturated carbocycles. The number of hydrogen-bond acceptors (Lipinski definition) is 3. The van der Waals surface area contributed by atoms with Gasteiger partial charge in [0.15, 0.2) is 0 Å². The van der Waals surface area contributed by atoms with Crippen LogP contribution in [0.2, 0.25) is 0 Å². The molecule has 0 bridgehead atoms. The summed E-state index contributed by atoms with van der Waals surface area (Å²) in [5, 5.41) is 8.94. The Labute approximate surface area is 122 Å². The van der Waals surface area contributed by atoms with E-state index in [-0.39, 0.29) is 16.5 Å². The molecule has 0 spiro atoms. The fourth-order valence-corrected chi connectivity index (χ4v) is 1.96. The smallest absolute Gasteiger partial charge is 0.254 e. The number of halogens is 1. The summed E-state index contributed by atoms with van der Waals surface area (Å²) < 4.78 is 13.6. The Morgan fingerprint density at radius 2 is 1.95 bits per heavy atom. The van der Waals surface area contributed by atoms with Crippen molar-refractivity contribution >= 4 is 0 Å². The van der Waals surface area contributed by atoms with Crippen LogP contribution >= 0.6 is 0 Å². The first-order chi connectivity index (χ1) is 9.72. The lowest BCUT2D eigenvalue weighted by Crippen LogP contribution is -2.24. The molecular formula is C16H16FN3O. The van der Waals surface area contributed by atoms with E-state index >= 15 is 0 Å². The minimum atomic E-state index is -0.525. The zero-order valence-corrected chi connectivity index (χ0v) is 12.4. The highest BCUT2D eigenvalue weighted by atomic mass is 19.1. The minimum absolute atomic E-state index is 0.198. The molecule has 1 aromatic heterocycles. The van der Waals surface area contributed by atoms with E-state index in [0.29, 0.717) is 22.6 Å². The summed E-state index contributed by atoms with van der Waals surface area (Å²) in [5.41, 5.74) is 0.835. The second-order valence-corrected chi connectivity index (χ2v) is 5.98. The lowest BCUT2D eigenvalue weighted by molar-refractivity contribution is 0.542. The summed E-state index contributed by atoms with van der Waals surface area (Å²) in [6.45, 7) is 7.41. The van der Waals surface area contributed by atoms with Crippen LogP contribution in [0.3, 0.4) is 0 Å². The highest BCUT2D eigenvalue weighted by molar-refractivity contribution is 5.64. The first-order valence-electron chi connectivity index (χ1n) is 6.55. The van der Waals surface area contributed by atoms with Crippen LogP contribution < -0.4 is 5.56 Å². The van der Waals surface area contributed by atoms with Crippen LogP contribution in [0.1, 0.15) is 37.7 Å². The van der Waals surface area contributed by atoms with Crippen LogP contribution in [-0.2, 0) is 5.41 Å². The number of aromatic nitrogens is 2. The Kier molecular flexibility index (Phi) is 3.65. The number of rotatable bonds is 1. The predicted octanol–water partition coefficient (Wildman–Crippen LogP) is 3.05. The highest BCUT2D eigenvalue weighted by Crippen LogP contribution is 2.25. The first-order valence-corrected chi connectivity index (χ1v) is 6.55. The van der Waals surface area contributed by atoms with Gasteiger partial charge >= 0.3 is 0 Å². The van der Waals surface area contributed by atoms with Crippen molar-refractivity contribution in [2.45, 2.75) is 33.1 Å². The Morgan fingerprint density at radius 1 is 1.29 bits per heavy atom. The molecule has 0 aliphatic rings. The molecule has 1 heterocycles. The molecule has 0 aliphatic heterocycles. The monoisotopic (exact) mass is 285 g/mol. The van der Waals surface area contributed by atoms with Gasteiger partial charge in [0.25, 0.3) is 5.56 Å². The van der Waals surface area contributed by atoms with Crippen molar-refractivity contribution in [2.24, 2.45) is 0 Å². The Bertz CT molecular complexity index is 795. The number of nitriles is 1. The Hall–Kier alpha value is -2.48. The van der Waals surface area contributed by atoms with Gasteiger partial charge in [-0.2, -0.15) is 5.26 Å². The van der Waals surface area contributed by atoms with Crippen LogP contribution in [-0.4, -0.2) is 9.97 Å². The largest absolute Gasteiger partial charge is 0.310 e. The first kappa shape index (κ1) is 14.9. The third kappa shape index (κ3) is 3.00. The summed E-state index contributed by atoms with van der Waals surface area (Å²) in [5.74, 6) is -0.00120. The molecule has 1 N–H and O–H groups in total. The van der Waals surface area contributed by atoms with Crippen LogP contribution in [0, 0.1) is 24.1 Å². The van der Waals surface area contributed by atoms with Gasteiger partial charge in [0.1, 0.15) is 11.6 Å². The normalized spacial score (nSPS) is 11.2. The molecule has 0 amide bonds. The van der Waals surface area contributed by atoms with E-state index in [1.165, 1.54) is 12.1 Å². The molecule has 0 unspecified atom stereocenters. The number of benzene rings is 1. The van der Waals surface area contributed by atoms with E-state index in [0.717, 1.165) is 6.07 Å². The van der Waals surface area contributed by atoms with Gasteiger partial charge in [0.05, 0.1) is 17.3 Å². The van der Waals surface area contributed by atoms with Crippen molar-refractivity contribution in [3.05, 3.63) is 51.3 Å². The highest BCUT2D eigenvalue weighted by Gasteiger charge is 2.20. The predicted molar refractivity (Wildman–Crippen MR) is 78.4 cm³/mol. The molecule has 0 atom stereocenters. The molecular weight excluding hydrogens is 269 g/mol. The molecule has 0 fully saturated rings. The molecule has 4 nitrogen and oxygen atoms in total. The third-order valence-electron chi connectivity index (χ3n) is 3.16. The summed E-state index contributed by atoms with van der Waals surface area (Å²) in [4.78, 5) is 19.3. The van der Waals surface area contributed by atoms with Crippen molar-refractivity contribution in [3.63, 3.8) is 0 Å². The van der Waals surface area contributed by atoms with Crippen molar-refractivity contribution < 1.29 is 4.39 Å². The Morgan fingerprint density at radius 3 is 2.52 bits per heavy atom. The number of nitrogens with zero attached hydrogens (tertiary/aromatic N) is 2. The van der Waals surface area contributed by atoms with Crippen molar-refractivity contribution in [2.75, 3.05) is 0 Å². The maximum absolute atomic E-state index is 13.6. The fourth-order valence-electron chi connectivity index (χ4n) is 1.96. The van der Waals surface area contributed by atoms with E-state index in [9.17, 15) is 9.18 Å². The number of H-pyrrole nitrogens is 1. The molecule has 1 aromatic carbocycles. The molecule has 5 heteroatoms. The lowest BCUT2D eigenvalue weighted by Gasteiger charge is -2.18. The second-order valence-electron chi connectivity index (χ2n) is 5.98. The Balaban J connectivity index is 2.75. The maximum atomic E-state index is 13.6. The maximum Gasteiger partial charge on any atom is 0.254 e. The van der Waals surface area contributed by atoms with Gasteiger partial charge < -0.3 is 4.98 Å². The average Bonchev–Trinajstić information content (AvgIpc) is 2.39. The van der Waals surface area contributed by atoms with Gasteiger partial charge in [-0.15, -0.1) is 0 Å². The third-order valence-corrected chi connectivity index (χ3v) is 3.16. The average molecular weight is 285 g/mol. The van der Waals surface area contributed by atoms with Gasteiger partial charge in [0, 0.05) is 16.5 Å².